The van der Waals surface area contributed by atoms with E-state index in [0.29, 0.717) is 0 Å². The Hall–Kier alpha value is -2.29. The number of aromatic nitrogens is 4. The monoisotopic (exact) mass is 609 g/mol. The van der Waals surface area contributed by atoms with Crippen molar-refractivity contribution in [3.63, 3.8) is 0 Å². The molecular weight excluding hydrogens is 587 g/mol. The highest BCUT2D eigenvalue weighted by Gasteiger charge is 2.49. The number of phosphoric acid groups is 3. The van der Waals surface area contributed by atoms with Crippen LogP contribution in [-0.4, -0.2) is 88.3 Å². The zero-order chi connectivity index (χ0) is 28.5. The molecule has 1 saturated heterocycles. The number of nitrogens with zero attached hydrogens (tertiary/aromatic N) is 3. The first-order chi connectivity index (χ1) is 17.5. The van der Waals surface area contributed by atoms with Gasteiger partial charge in [0.15, 0.2) is 23.5 Å². The van der Waals surface area contributed by atoms with Crippen LogP contribution in [0.5, 0.6) is 0 Å². The number of aromatic amines is 1. The standard InChI is InChI=1S/C13H22N7O15P3/c14-1-2-16-13(23)33-8-5(3-31-37(27,28)35-38(29,30)34-36(24,25)26)32-11(7(8)21)20-4-17-6-9(20)18-12(15)19-10(6)22/h4-5,7-8,11,21H,1-3,14H2,(H,16,23)(H,27,28)(H,29,30)(H2,24,25,26)(H3,15,18,19,22)/t5-,7-,8-,11-/m1/s1. The second-order valence-corrected chi connectivity index (χ2v) is 11.7. The zero-order valence-corrected chi connectivity index (χ0v) is 21.3. The first-order valence-electron chi connectivity index (χ1n) is 10.0. The Bertz CT molecular complexity index is 1380. The van der Waals surface area contributed by atoms with Gasteiger partial charge in [-0.25, -0.2) is 23.5 Å². The van der Waals surface area contributed by atoms with E-state index in [0.717, 1.165) is 10.9 Å². The fourth-order valence-corrected chi connectivity index (χ4v) is 6.20. The van der Waals surface area contributed by atoms with E-state index in [1.807, 2.05) is 0 Å². The minimum Gasteiger partial charge on any atom is -0.440 e. The number of ether oxygens (including phenoxy) is 2. The van der Waals surface area contributed by atoms with Crippen molar-refractivity contribution in [1.82, 2.24) is 24.8 Å². The molecule has 0 bridgehead atoms. The van der Waals surface area contributed by atoms with Crippen LogP contribution in [0.2, 0.25) is 0 Å². The molecule has 2 unspecified atom stereocenters. The molecule has 25 heteroatoms. The predicted molar refractivity (Wildman–Crippen MR) is 120 cm³/mol. The number of nitrogens with one attached hydrogen (secondary N) is 2. The normalized spacial score (nSPS) is 25.1. The predicted octanol–water partition coefficient (Wildman–Crippen LogP) is -2.64. The summed E-state index contributed by atoms with van der Waals surface area (Å²) in [5.41, 5.74) is 9.75. The summed E-state index contributed by atoms with van der Waals surface area (Å²) in [5.74, 6) is -0.310. The maximum Gasteiger partial charge on any atom is 0.490 e. The van der Waals surface area contributed by atoms with E-state index in [1.54, 1.807) is 0 Å². The summed E-state index contributed by atoms with van der Waals surface area (Å²) in [6.45, 7) is -1.08. The molecule has 2 aromatic rings. The molecule has 0 aromatic carbocycles. The summed E-state index contributed by atoms with van der Waals surface area (Å²) in [4.78, 5) is 70.3. The molecule has 3 rings (SSSR count). The van der Waals surface area contributed by atoms with Crippen LogP contribution in [0.1, 0.15) is 6.23 Å². The number of hydrogen-bond acceptors (Lipinski definition) is 15. The van der Waals surface area contributed by atoms with Gasteiger partial charge in [-0.1, -0.05) is 0 Å². The molecule has 214 valence electrons. The van der Waals surface area contributed by atoms with Gasteiger partial charge in [0, 0.05) is 13.1 Å². The molecule has 0 spiro atoms. The highest BCUT2D eigenvalue weighted by molar-refractivity contribution is 7.66. The van der Waals surface area contributed by atoms with Crippen molar-refractivity contribution in [2.45, 2.75) is 24.5 Å². The average molecular weight is 609 g/mol. The molecule has 0 aliphatic carbocycles. The Balaban J connectivity index is 1.84. The molecule has 1 aliphatic rings. The van der Waals surface area contributed by atoms with Gasteiger partial charge in [-0.15, -0.1) is 0 Å². The van der Waals surface area contributed by atoms with Crippen molar-refractivity contribution in [3.05, 3.63) is 16.7 Å². The molecule has 0 saturated carbocycles. The van der Waals surface area contributed by atoms with Crippen LogP contribution in [0.25, 0.3) is 11.2 Å². The number of imidazole rings is 1. The van der Waals surface area contributed by atoms with Crippen LogP contribution < -0.4 is 22.3 Å². The summed E-state index contributed by atoms with van der Waals surface area (Å²) >= 11 is 0. The van der Waals surface area contributed by atoms with E-state index < -0.39 is 66.3 Å². The van der Waals surface area contributed by atoms with Crippen LogP contribution in [0.4, 0.5) is 10.7 Å². The highest BCUT2D eigenvalue weighted by Crippen LogP contribution is 2.66. The number of carbonyl (C=O) groups is 1. The number of phosphoric ester groups is 1. The van der Waals surface area contributed by atoms with Gasteiger partial charge in [-0.3, -0.25) is 18.9 Å². The van der Waals surface area contributed by atoms with Crippen LogP contribution in [0, 0.1) is 0 Å². The van der Waals surface area contributed by atoms with Crippen molar-refractivity contribution >= 4 is 46.7 Å². The third-order valence-electron chi connectivity index (χ3n) is 4.51. The maximum atomic E-state index is 12.1. The SMILES string of the molecule is NCCNC(=O)O[C@H]1[C@@H](O)[C@H](n2cnc3c(=O)[nH]c(N)nc32)O[C@@H]1COP(=O)(O)OP(=O)(O)OP(=O)(O)O. The van der Waals surface area contributed by atoms with Gasteiger partial charge in [0.05, 0.1) is 12.9 Å². The average Bonchev–Trinajstić information content (AvgIpc) is 3.29. The summed E-state index contributed by atoms with van der Waals surface area (Å²) < 4.78 is 57.9. The van der Waals surface area contributed by atoms with Crippen LogP contribution in [0.15, 0.2) is 11.1 Å². The van der Waals surface area contributed by atoms with E-state index in [-0.39, 0.29) is 30.2 Å². The number of amides is 1. The molecule has 1 fully saturated rings. The van der Waals surface area contributed by atoms with Crippen molar-refractivity contribution in [2.24, 2.45) is 5.73 Å². The number of nitrogens with two attached hydrogens (primary N) is 2. The number of anilines is 1. The third kappa shape index (κ3) is 7.64. The molecule has 3 heterocycles. The molecular formula is C13H22N7O15P3. The first kappa shape index (κ1) is 30.3. The van der Waals surface area contributed by atoms with Crippen molar-refractivity contribution < 1.29 is 65.8 Å². The van der Waals surface area contributed by atoms with Gasteiger partial charge in [-0.2, -0.15) is 13.6 Å². The third-order valence-corrected chi connectivity index (χ3v) is 8.31. The zero-order valence-electron chi connectivity index (χ0n) is 18.7. The number of nitrogen functional groups attached to an aromatic ring is 1. The van der Waals surface area contributed by atoms with Gasteiger partial charge in [0.25, 0.3) is 5.56 Å². The molecule has 6 atom stereocenters. The van der Waals surface area contributed by atoms with Crippen molar-refractivity contribution in [1.29, 1.82) is 0 Å². The van der Waals surface area contributed by atoms with E-state index >= 15 is 0 Å². The summed E-state index contributed by atoms with van der Waals surface area (Å²) in [6, 6.07) is 0. The van der Waals surface area contributed by atoms with E-state index in [1.165, 1.54) is 0 Å². The van der Waals surface area contributed by atoms with Gasteiger partial charge in [-0.05, 0) is 0 Å². The number of rotatable bonds is 11. The number of aliphatic hydroxyl groups is 1. The van der Waals surface area contributed by atoms with Crippen molar-refractivity contribution in [3.8, 4) is 0 Å². The number of H-pyrrole nitrogens is 1. The Morgan fingerprint density at radius 1 is 1.21 bits per heavy atom. The van der Waals surface area contributed by atoms with Gasteiger partial charge >= 0.3 is 29.6 Å². The first-order valence-corrected chi connectivity index (χ1v) is 14.5. The van der Waals surface area contributed by atoms with E-state index in [9.17, 15) is 38.2 Å². The largest absolute Gasteiger partial charge is 0.490 e. The summed E-state index contributed by atoms with van der Waals surface area (Å²) in [5, 5.41) is 13.1. The molecule has 0 radical (unpaired) electrons. The second kappa shape index (κ2) is 11.4. The Morgan fingerprint density at radius 2 is 1.89 bits per heavy atom. The summed E-state index contributed by atoms with van der Waals surface area (Å²) in [7, 11) is -17.0. The van der Waals surface area contributed by atoms with Gasteiger partial charge < -0.3 is 50.9 Å². The molecule has 11 N–H and O–H groups in total. The minimum absolute atomic E-state index is 0.0274. The molecule has 22 nitrogen and oxygen atoms in total. The van der Waals surface area contributed by atoms with Crippen LogP contribution in [-0.2, 0) is 36.3 Å². The minimum atomic E-state index is -5.81. The van der Waals surface area contributed by atoms with Gasteiger partial charge in [0.2, 0.25) is 5.95 Å². The van der Waals surface area contributed by atoms with Crippen LogP contribution >= 0.6 is 23.5 Å². The quantitative estimate of drug-likeness (QED) is 0.117. The number of hydrogen-bond donors (Lipinski definition) is 9. The Morgan fingerprint density at radius 3 is 2.53 bits per heavy atom. The lowest BCUT2D eigenvalue weighted by Gasteiger charge is -2.22. The van der Waals surface area contributed by atoms with E-state index in [4.69, 9.17) is 30.7 Å². The molecule has 38 heavy (non-hydrogen) atoms. The van der Waals surface area contributed by atoms with Crippen LogP contribution in [0.3, 0.4) is 0 Å². The topological polar surface area (TPSA) is 343 Å². The highest BCUT2D eigenvalue weighted by atomic mass is 31.3. The number of alkyl carbamates (subject to hydrolysis) is 1. The molecule has 1 amide bonds. The number of fused-ring (bicyclic) bond motifs is 1. The number of carbonyl (C=O) groups excluding carboxylic acids is 1. The van der Waals surface area contributed by atoms with E-state index in [2.05, 4.69) is 33.4 Å². The Kier molecular flexibility index (Phi) is 9.11. The number of aliphatic hydroxyl groups excluding tert-OH is 1. The lowest BCUT2D eigenvalue weighted by atomic mass is 10.1. The maximum absolute atomic E-state index is 12.1. The fourth-order valence-electron chi connectivity index (χ4n) is 3.17. The summed E-state index contributed by atoms with van der Waals surface area (Å²) in [6.07, 6.45) is -6.57. The molecule has 2 aromatic heterocycles. The second-order valence-electron chi connectivity index (χ2n) is 7.30. The van der Waals surface area contributed by atoms with Crippen molar-refractivity contribution in [2.75, 3.05) is 25.4 Å². The Labute approximate surface area is 210 Å². The smallest absolute Gasteiger partial charge is 0.440 e. The fraction of sp³-hybridized carbons (Fsp3) is 0.538. The van der Waals surface area contributed by atoms with Gasteiger partial charge in [0.1, 0.15) is 12.2 Å². The lowest BCUT2D eigenvalue weighted by molar-refractivity contribution is -0.0508. The lowest BCUT2D eigenvalue weighted by Crippen LogP contribution is -2.42. The molecule has 1 aliphatic heterocycles.